The summed E-state index contributed by atoms with van der Waals surface area (Å²) in [5.41, 5.74) is 4.67. The summed E-state index contributed by atoms with van der Waals surface area (Å²) in [5, 5.41) is 9.79. The van der Waals surface area contributed by atoms with Crippen LogP contribution >= 0.6 is 0 Å². The highest BCUT2D eigenvalue weighted by molar-refractivity contribution is 5.98. The molecule has 0 heterocycles. The molecule has 19 heavy (non-hydrogen) atoms. The fourth-order valence-electron chi connectivity index (χ4n) is 1.84. The molecule has 1 aromatic carbocycles. The molecule has 0 aliphatic heterocycles. The highest BCUT2D eigenvalue weighted by Gasteiger charge is 2.39. The molecule has 1 aliphatic rings. The van der Waals surface area contributed by atoms with E-state index in [0.29, 0.717) is 5.92 Å². The number of phenols is 1. The molecule has 102 valence electrons. The lowest BCUT2D eigenvalue weighted by Crippen LogP contribution is -2.42. The van der Waals surface area contributed by atoms with Gasteiger partial charge in [0.05, 0.1) is 12.7 Å². The van der Waals surface area contributed by atoms with Crippen LogP contribution < -0.4 is 15.6 Å². The van der Waals surface area contributed by atoms with Crippen LogP contribution in [-0.2, 0) is 4.79 Å². The smallest absolute Gasteiger partial charge is 0.273 e. The van der Waals surface area contributed by atoms with Gasteiger partial charge in [-0.15, -0.1) is 0 Å². The van der Waals surface area contributed by atoms with Crippen LogP contribution in [0.2, 0.25) is 0 Å². The van der Waals surface area contributed by atoms with Crippen molar-refractivity contribution >= 4 is 11.8 Å². The number of aromatic hydroxyl groups is 1. The van der Waals surface area contributed by atoms with E-state index in [1.54, 1.807) is 6.07 Å². The molecule has 2 rings (SSSR count). The molecule has 3 N–H and O–H groups in total. The topological polar surface area (TPSA) is 87.7 Å². The number of hydrogen-bond donors (Lipinski definition) is 3. The molecule has 2 unspecified atom stereocenters. The lowest BCUT2D eigenvalue weighted by Gasteiger charge is -2.10. The number of carbonyl (C=O) groups excluding carboxylic acids is 2. The van der Waals surface area contributed by atoms with E-state index in [1.807, 2.05) is 6.92 Å². The van der Waals surface area contributed by atoms with Crippen molar-refractivity contribution in [2.45, 2.75) is 13.3 Å². The number of methoxy groups -OCH3 is 1. The molecule has 1 fully saturated rings. The monoisotopic (exact) mass is 264 g/mol. The minimum absolute atomic E-state index is 0.0285. The zero-order valence-corrected chi connectivity index (χ0v) is 10.8. The summed E-state index contributed by atoms with van der Waals surface area (Å²) in [7, 11) is 1.40. The summed E-state index contributed by atoms with van der Waals surface area (Å²) >= 11 is 0. The predicted octanol–water partition coefficient (Wildman–Crippen LogP) is 0.818. The number of amides is 2. The first-order valence-corrected chi connectivity index (χ1v) is 6.00. The quantitative estimate of drug-likeness (QED) is 0.705. The second-order valence-electron chi connectivity index (χ2n) is 4.62. The molecule has 0 aromatic heterocycles. The molecule has 1 saturated carbocycles. The van der Waals surface area contributed by atoms with E-state index in [2.05, 4.69) is 10.9 Å². The molecule has 1 aromatic rings. The average Bonchev–Trinajstić information content (AvgIpc) is 3.13. The number of benzene rings is 1. The number of phenolic OH excluding ortho intramolecular Hbond substituents is 1. The summed E-state index contributed by atoms with van der Waals surface area (Å²) in [5.74, 6) is -0.506. The Labute approximate surface area is 110 Å². The highest BCUT2D eigenvalue weighted by atomic mass is 16.5. The Kier molecular flexibility index (Phi) is 3.59. The van der Waals surface area contributed by atoms with Crippen LogP contribution in [-0.4, -0.2) is 24.0 Å². The number of hydrazine groups is 1. The second kappa shape index (κ2) is 5.17. The van der Waals surface area contributed by atoms with Crippen LogP contribution in [0.25, 0.3) is 0 Å². The maximum atomic E-state index is 11.8. The fourth-order valence-corrected chi connectivity index (χ4v) is 1.84. The van der Waals surface area contributed by atoms with Crippen molar-refractivity contribution in [1.82, 2.24) is 10.9 Å². The zero-order valence-electron chi connectivity index (χ0n) is 10.8. The normalized spacial score (nSPS) is 20.5. The highest BCUT2D eigenvalue weighted by Crippen LogP contribution is 2.37. The van der Waals surface area contributed by atoms with Crippen LogP contribution in [0.15, 0.2) is 18.2 Å². The molecule has 0 spiro atoms. The van der Waals surface area contributed by atoms with Gasteiger partial charge in [-0.05, 0) is 24.5 Å². The maximum absolute atomic E-state index is 11.8. The molecule has 0 radical (unpaired) electrons. The van der Waals surface area contributed by atoms with Crippen molar-refractivity contribution in [3.8, 4) is 11.5 Å². The van der Waals surface area contributed by atoms with Gasteiger partial charge in [-0.3, -0.25) is 20.4 Å². The number of rotatable bonds is 3. The summed E-state index contributed by atoms with van der Waals surface area (Å²) in [4.78, 5) is 23.4. The number of ether oxygens (including phenoxy) is 1. The van der Waals surface area contributed by atoms with Gasteiger partial charge in [0, 0.05) is 5.92 Å². The Morgan fingerprint density at radius 1 is 1.37 bits per heavy atom. The van der Waals surface area contributed by atoms with E-state index in [-0.39, 0.29) is 28.9 Å². The van der Waals surface area contributed by atoms with Crippen LogP contribution in [0.5, 0.6) is 11.5 Å². The van der Waals surface area contributed by atoms with Crippen molar-refractivity contribution in [3.63, 3.8) is 0 Å². The largest absolute Gasteiger partial charge is 0.504 e. The van der Waals surface area contributed by atoms with E-state index in [0.717, 1.165) is 6.42 Å². The van der Waals surface area contributed by atoms with Crippen molar-refractivity contribution < 1.29 is 19.4 Å². The van der Waals surface area contributed by atoms with Crippen molar-refractivity contribution in [2.75, 3.05) is 7.11 Å². The van der Waals surface area contributed by atoms with E-state index in [1.165, 1.54) is 19.2 Å². The summed E-state index contributed by atoms with van der Waals surface area (Å²) in [6.07, 6.45) is 0.839. The van der Waals surface area contributed by atoms with Gasteiger partial charge in [0.15, 0.2) is 11.5 Å². The standard InChI is InChI=1S/C13H16N2O4/c1-7-6-9(7)13(18)15-14-12(17)8-4-3-5-10(19-2)11(8)16/h3-5,7,9,16H,6H2,1-2H3,(H,14,17)(H,15,18). The van der Waals surface area contributed by atoms with Gasteiger partial charge in [0.25, 0.3) is 5.91 Å². The zero-order chi connectivity index (χ0) is 14.0. The molecule has 6 nitrogen and oxygen atoms in total. The molecular weight excluding hydrogens is 248 g/mol. The Hall–Kier alpha value is -2.24. The van der Waals surface area contributed by atoms with E-state index in [4.69, 9.17) is 4.74 Å². The van der Waals surface area contributed by atoms with E-state index >= 15 is 0 Å². The summed E-state index contributed by atoms with van der Waals surface area (Å²) in [6, 6.07) is 4.56. The SMILES string of the molecule is COc1cccc(C(=O)NNC(=O)C2CC2C)c1O. The Bertz CT molecular complexity index is 515. The van der Waals surface area contributed by atoms with Crippen molar-refractivity contribution in [3.05, 3.63) is 23.8 Å². The van der Waals surface area contributed by atoms with Crippen LogP contribution in [0.3, 0.4) is 0 Å². The molecule has 6 heteroatoms. The fraction of sp³-hybridized carbons (Fsp3) is 0.385. The Balaban J connectivity index is 1.98. The van der Waals surface area contributed by atoms with Gasteiger partial charge >= 0.3 is 0 Å². The second-order valence-corrected chi connectivity index (χ2v) is 4.62. The summed E-state index contributed by atoms with van der Waals surface area (Å²) in [6.45, 7) is 1.97. The third-order valence-electron chi connectivity index (χ3n) is 3.21. The lowest BCUT2D eigenvalue weighted by atomic mass is 10.2. The van der Waals surface area contributed by atoms with Crippen molar-refractivity contribution in [1.29, 1.82) is 0 Å². The van der Waals surface area contributed by atoms with Gasteiger partial charge in [-0.1, -0.05) is 13.0 Å². The molecule has 0 saturated heterocycles. The number of hydrogen-bond acceptors (Lipinski definition) is 4. The van der Waals surface area contributed by atoms with E-state index in [9.17, 15) is 14.7 Å². The molecule has 1 aliphatic carbocycles. The van der Waals surface area contributed by atoms with Crippen LogP contribution in [0.1, 0.15) is 23.7 Å². The van der Waals surface area contributed by atoms with Gasteiger partial charge in [-0.25, -0.2) is 0 Å². The van der Waals surface area contributed by atoms with Crippen LogP contribution in [0, 0.1) is 11.8 Å². The van der Waals surface area contributed by atoms with Gasteiger partial charge in [-0.2, -0.15) is 0 Å². The predicted molar refractivity (Wildman–Crippen MR) is 67.5 cm³/mol. The number of nitrogens with one attached hydrogen (secondary N) is 2. The minimum atomic E-state index is -0.585. The first-order valence-electron chi connectivity index (χ1n) is 6.00. The third-order valence-corrected chi connectivity index (χ3v) is 3.21. The molecule has 0 bridgehead atoms. The third kappa shape index (κ3) is 2.78. The van der Waals surface area contributed by atoms with Crippen LogP contribution in [0.4, 0.5) is 0 Å². The lowest BCUT2D eigenvalue weighted by molar-refractivity contribution is -0.123. The number of carbonyl (C=O) groups is 2. The number of para-hydroxylation sites is 1. The van der Waals surface area contributed by atoms with Gasteiger partial charge < -0.3 is 9.84 Å². The Morgan fingerprint density at radius 2 is 2.05 bits per heavy atom. The Morgan fingerprint density at radius 3 is 2.63 bits per heavy atom. The van der Waals surface area contributed by atoms with Gasteiger partial charge in [0.1, 0.15) is 0 Å². The summed E-state index contributed by atoms with van der Waals surface area (Å²) < 4.78 is 4.91. The minimum Gasteiger partial charge on any atom is -0.504 e. The van der Waals surface area contributed by atoms with Crippen molar-refractivity contribution in [2.24, 2.45) is 11.8 Å². The first kappa shape index (κ1) is 13.2. The molecule has 2 atom stereocenters. The molecule has 2 amide bonds. The van der Waals surface area contributed by atoms with E-state index < -0.39 is 5.91 Å². The molecular formula is C13H16N2O4. The average molecular weight is 264 g/mol. The first-order chi connectivity index (χ1) is 9.04. The maximum Gasteiger partial charge on any atom is 0.273 e. The van der Waals surface area contributed by atoms with Gasteiger partial charge in [0.2, 0.25) is 5.91 Å².